The van der Waals surface area contributed by atoms with Crippen molar-refractivity contribution in [1.82, 2.24) is 0 Å². The highest BCUT2D eigenvalue weighted by Gasteiger charge is 2.66. The summed E-state index contributed by atoms with van der Waals surface area (Å²) >= 11 is 0. The molecule has 1 heterocycles. The van der Waals surface area contributed by atoms with Crippen LogP contribution in [0.2, 0.25) is 0 Å². The van der Waals surface area contributed by atoms with Crippen molar-refractivity contribution in [2.75, 3.05) is 6.61 Å². The molecule has 3 heteroatoms. The van der Waals surface area contributed by atoms with Gasteiger partial charge in [0.1, 0.15) is 5.60 Å². The number of ether oxygens (including phenoxy) is 2. The lowest BCUT2D eigenvalue weighted by Crippen LogP contribution is -2.54. The molecular formula is C24H34O3. The first-order chi connectivity index (χ1) is 12.9. The standard InChI is InChI=1S/C24H34O3/c1-4-26-17-7-11-22(2)16(15-17)5-6-18-19(22)8-12-23(3)20(18)9-13-24(23)14-10-21(25)27-24/h5,15,18-20H,4,6-14H2,1-3H3/t18-,19+,20+,22+,23+,24-/m0/s1. The van der Waals surface area contributed by atoms with Crippen molar-refractivity contribution in [2.24, 2.45) is 28.6 Å². The number of hydrogen-bond acceptors (Lipinski definition) is 3. The average molecular weight is 371 g/mol. The Morgan fingerprint density at radius 3 is 2.67 bits per heavy atom. The molecule has 1 spiro atoms. The first-order valence-corrected chi connectivity index (χ1v) is 11.2. The lowest BCUT2D eigenvalue weighted by Gasteiger charge is -2.58. The van der Waals surface area contributed by atoms with Crippen LogP contribution in [-0.4, -0.2) is 18.2 Å². The Balaban J connectivity index is 1.46. The number of rotatable bonds is 2. The minimum absolute atomic E-state index is 0.0395. The molecule has 3 nitrogen and oxygen atoms in total. The molecule has 3 fully saturated rings. The van der Waals surface area contributed by atoms with E-state index in [0.717, 1.165) is 37.7 Å². The number of allylic oxidation sites excluding steroid dienone is 4. The number of esters is 1. The van der Waals surface area contributed by atoms with Crippen molar-refractivity contribution < 1.29 is 14.3 Å². The Morgan fingerprint density at radius 1 is 1.11 bits per heavy atom. The fraction of sp³-hybridized carbons (Fsp3) is 0.792. The zero-order valence-corrected chi connectivity index (χ0v) is 17.2. The lowest BCUT2D eigenvalue weighted by atomic mass is 9.47. The highest BCUT2D eigenvalue weighted by Crippen LogP contribution is 2.69. The molecule has 1 saturated heterocycles. The van der Waals surface area contributed by atoms with Crippen LogP contribution in [0.15, 0.2) is 23.5 Å². The van der Waals surface area contributed by atoms with Crippen LogP contribution in [0.3, 0.4) is 0 Å². The normalized spacial score (nSPS) is 48.3. The number of fused-ring (bicyclic) bond motifs is 6. The summed E-state index contributed by atoms with van der Waals surface area (Å²) in [7, 11) is 0. The Kier molecular flexibility index (Phi) is 3.88. The van der Waals surface area contributed by atoms with Gasteiger partial charge in [0, 0.05) is 18.3 Å². The Hall–Kier alpha value is -1.25. The van der Waals surface area contributed by atoms with Gasteiger partial charge in [-0.1, -0.05) is 19.9 Å². The van der Waals surface area contributed by atoms with Gasteiger partial charge in [-0.2, -0.15) is 0 Å². The third-order valence-corrected chi connectivity index (χ3v) is 9.39. The summed E-state index contributed by atoms with van der Waals surface area (Å²) in [5.74, 6) is 3.44. The lowest BCUT2D eigenvalue weighted by molar-refractivity contribution is -0.167. The zero-order chi connectivity index (χ0) is 18.9. The summed E-state index contributed by atoms with van der Waals surface area (Å²) in [4.78, 5) is 12.0. The van der Waals surface area contributed by atoms with Crippen LogP contribution in [0.1, 0.15) is 78.6 Å². The molecule has 0 N–H and O–H groups in total. The highest BCUT2D eigenvalue weighted by molar-refractivity contribution is 5.72. The third-order valence-electron chi connectivity index (χ3n) is 9.39. The van der Waals surface area contributed by atoms with Gasteiger partial charge in [-0.15, -0.1) is 0 Å². The van der Waals surface area contributed by atoms with Crippen molar-refractivity contribution in [2.45, 2.75) is 84.2 Å². The summed E-state index contributed by atoms with van der Waals surface area (Å²) in [5, 5.41) is 0. The largest absolute Gasteiger partial charge is 0.498 e. The van der Waals surface area contributed by atoms with Crippen molar-refractivity contribution in [3.05, 3.63) is 23.5 Å². The molecule has 6 atom stereocenters. The van der Waals surface area contributed by atoms with E-state index in [2.05, 4.69) is 32.9 Å². The first-order valence-electron chi connectivity index (χ1n) is 11.2. The second-order valence-electron chi connectivity index (χ2n) is 10.2. The molecule has 0 amide bonds. The molecule has 0 radical (unpaired) electrons. The Labute approximate surface area is 163 Å². The van der Waals surface area contributed by atoms with Crippen molar-refractivity contribution in [3.63, 3.8) is 0 Å². The number of carbonyl (C=O) groups is 1. The van der Waals surface area contributed by atoms with Crippen LogP contribution in [0.5, 0.6) is 0 Å². The highest BCUT2D eigenvalue weighted by atomic mass is 16.6. The number of hydrogen-bond donors (Lipinski definition) is 0. The summed E-state index contributed by atoms with van der Waals surface area (Å²) in [5.41, 5.74) is 1.86. The Bertz CT molecular complexity index is 721. The van der Waals surface area contributed by atoms with Crippen LogP contribution >= 0.6 is 0 Å². The second kappa shape index (κ2) is 5.87. The molecular weight excluding hydrogens is 336 g/mol. The molecule has 5 aliphatic rings. The van der Waals surface area contributed by atoms with Crippen LogP contribution in [-0.2, 0) is 14.3 Å². The SMILES string of the molecule is CCOC1=CC2=CC[C@H]3[C@@H](CC[C@]4(C)[C@@H]3CC[C@]43CCC(=O)O3)[C@]2(C)CC1. The van der Waals surface area contributed by atoms with E-state index < -0.39 is 0 Å². The molecule has 0 unspecified atom stereocenters. The fourth-order valence-corrected chi connectivity index (χ4v) is 7.89. The van der Waals surface area contributed by atoms with Crippen LogP contribution in [0, 0.1) is 28.6 Å². The van der Waals surface area contributed by atoms with Crippen LogP contribution in [0.25, 0.3) is 0 Å². The minimum atomic E-state index is -0.154. The van der Waals surface area contributed by atoms with Crippen molar-refractivity contribution in [3.8, 4) is 0 Å². The maximum atomic E-state index is 12.0. The quantitative estimate of drug-likeness (QED) is 0.597. The number of carbonyl (C=O) groups excluding carboxylic acids is 1. The zero-order valence-electron chi connectivity index (χ0n) is 17.2. The van der Waals surface area contributed by atoms with Crippen molar-refractivity contribution >= 4 is 5.97 Å². The summed E-state index contributed by atoms with van der Waals surface area (Å²) in [6.45, 7) is 7.81. The van der Waals surface area contributed by atoms with Gasteiger partial charge in [0.25, 0.3) is 0 Å². The monoisotopic (exact) mass is 370 g/mol. The van der Waals surface area contributed by atoms with E-state index in [0.29, 0.717) is 17.8 Å². The molecule has 0 aromatic carbocycles. The predicted octanol–water partition coefficient (Wildman–Crippen LogP) is 5.56. The van der Waals surface area contributed by atoms with Gasteiger partial charge in [-0.3, -0.25) is 4.79 Å². The van der Waals surface area contributed by atoms with E-state index >= 15 is 0 Å². The molecule has 148 valence electrons. The molecule has 1 aliphatic heterocycles. The van der Waals surface area contributed by atoms with E-state index in [-0.39, 0.29) is 17.0 Å². The molecule has 0 aromatic heterocycles. The molecule has 0 aromatic rings. The smallest absolute Gasteiger partial charge is 0.306 e. The maximum absolute atomic E-state index is 12.0. The Morgan fingerprint density at radius 2 is 1.93 bits per heavy atom. The molecule has 0 bridgehead atoms. The molecule has 5 rings (SSSR count). The second-order valence-corrected chi connectivity index (χ2v) is 10.2. The predicted molar refractivity (Wildman–Crippen MR) is 105 cm³/mol. The van der Waals surface area contributed by atoms with Gasteiger partial charge in [0.15, 0.2) is 0 Å². The van der Waals surface area contributed by atoms with Gasteiger partial charge >= 0.3 is 5.97 Å². The molecule has 2 saturated carbocycles. The van der Waals surface area contributed by atoms with Crippen molar-refractivity contribution in [1.29, 1.82) is 0 Å². The summed E-state index contributed by atoms with van der Waals surface area (Å²) in [6, 6.07) is 0. The summed E-state index contributed by atoms with van der Waals surface area (Å²) in [6.07, 6.45) is 14.8. The van der Waals surface area contributed by atoms with E-state index in [1.807, 2.05) is 0 Å². The topological polar surface area (TPSA) is 35.5 Å². The van der Waals surface area contributed by atoms with E-state index in [9.17, 15) is 4.79 Å². The maximum Gasteiger partial charge on any atom is 0.306 e. The summed E-state index contributed by atoms with van der Waals surface area (Å²) < 4.78 is 11.9. The van der Waals surface area contributed by atoms with Gasteiger partial charge in [0.2, 0.25) is 0 Å². The van der Waals surface area contributed by atoms with Gasteiger partial charge in [0.05, 0.1) is 12.4 Å². The van der Waals surface area contributed by atoms with Gasteiger partial charge in [-0.25, -0.2) is 0 Å². The molecule has 27 heavy (non-hydrogen) atoms. The van der Waals surface area contributed by atoms with Crippen LogP contribution < -0.4 is 0 Å². The van der Waals surface area contributed by atoms with E-state index in [1.54, 1.807) is 0 Å². The van der Waals surface area contributed by atoms with Gasteiger partial charge < -0.3 is 9.47 Å². The third kappa shape index (κ3) is 2.29. The van der Waals surface area contributed by atoms with E-state index in [4.69, 9.17) is 9.47 Å². The van der Waals surface area contributed by atoms with E-state index in [1.165, 1.54) is 43.4 Å². The first kappa shape index (κ1) is 17.8. The average Bonchev–Trinajstić information content (AvgIpc) is 3.16. The van der Waals surface area contributed by atoms with Gasteiger partial charge in [-0.05, 0) is 86.7 Å². The minimum Gasteiger partial charge on any atom is -0.498 e. The fourth-order valence-electron chi connectivity index (χ4n) is 7.89. The molecule has 4 aliphatic carbocycles. The van der Waals surface area contributed by atoms with Crippen LogP contribution in [0.4, 0.5) is 0 Å².